The van der Waals surface area contributed by atoms with Gasteiger partial charge in [0, 0.05) is 34.3 Å². The Morgan fingerprint density at radius 2 is 1.71 bits per heavy atom. The maximum atomic E-state index is 12.3. The van der Waals surface area contributed by atoms with Crippen LogP contribution in [0, 0.1) is 0 Å². The monoisotopic (exact) mass is 444 g/mol. The van der Waals surface area contributed by atoms with Gasteiger partial charge < -0.3 is 10.1 Å². The number of carbonyl (C=O) groups is 1. The molecule has 0 bridgehead atoms. The van der Waals surface area contributed by atoms with E-state index in [0.29, 0.717) is 33.5 Å². The number of carbonyl (C=O) groups excluding carboxylic acids is 1. The first-order chi connectivity index (χ1) is 13.1. The van der Waals surface area contributed by atoms with Crippen LogP contribution in [0.4, 0.5) is 5.69 Å². The lowest BCUT2D eigenvalue weighted by Crippen LogP contribution is -2.35. The van der Waals surface area contributed by atoms with E-state index in [1.807, 2.05) is 6.92 Å². The second-order valence-electron chi connectivity index (χ2n) is 6.35. The molecule has 2 aromatic carbocycles. The number of amides is 1. The molecule has 0 aromatic heterocycles. The zero-order valence-corrected chi connectivity index (χ0v) is 18.1. The van der Waals surface area contributed by atoms with Gasteiger partial charge in [-0.05, 0) is 43.3 Å². The molecule has 2 rings (SSSR count). The highest BCUT2D eigenvalue weighted by Crippen LogP contribution is 2.29. The minimum atomic E-state index is -3.61. The summed E-state index contributed by atoms with van der Waals surface area (Å²) in [5.41, 5.74) is 1.32. The summed E-state index contributed by atoms with van der Waals surface area (Å²) < 4.78 is 30.9. The number of nitrogens with one attached hydrogen (secondary N) is 1. The number of hydrogen-bond donors (Lipinski definition) is 1. The van der Waals surface area contributed by atoms with Crippen LogP contribution in [0.15, 0.2) is 42.5 Å². The highest BCUT2D eigenvalue weighted by molar-refractivity contribution is 7.92. The Bertz CT molecular complexity index is 913. The van der Waals surface area contributed by atoms with Gasteiger partial charge in [-0.3, -0.25) is 9.10 Å². The minimum absolute atomic E-state index is 0.0201. The SMILES string of the molecule is COC[C@H](C)NC(=O)c1ccc(N(Cc2c(Cl)cccc2Cl)S(C)(=O)=O)cc1. The normalized spacial score (nSPS) is 12.5. The average Bonchev–Trinajstić information content (AvgIpc) is 2.60. The summed E-state index contributed by atoms with van der Waals surface area (Å²) in [4.78, 5) is 12.3. The zero-order chi connectivity index (χ0) is 20.9. The first-order valence-corrected chi connectivity index (χ1v) is 11.0. The molecule has 9 heteroatoms. The number of nitrogens with zero attached hydrogens (tertiary/aromatic N) is 1. The molecule has 1 N–H and O–H groups in total. The second-order valence-corrected chi connectivity index (χ2v) is 9.07. The van der Waals surface area contributed by atoms with E-state index in [2.05, 4.69) is 5.32 Å². The van der Waals surface area contributed by atoms with E-state index in [4.69, 9.17) is 27.9 Å². The van der Waals surface area contributed by atoms with Gasteiger partial charge in [0.15, 0.2) is 0 Å². The molecule has 0 saturated heterocycles. The molecule has 0 fully saturated rings. The third-order valence-corrected chi connectivity index (χ3v) is 5.82. The van der Waals surface area contributed by atoms with Crippen LogP contribution in [0.2, 0.25) is 10.0 Å². The van der Waals surface area contributed by atoms with Gasteiger partial charge in [0.1, 0.15) is 0 Å². The van der Waals surface area contributed by atoms with Crippen molar-refractivity contribution in [1.29, 1.82) is 0 Å². The molecule has 1 atom stereocenters. The van der Waals surface area contributed by atoms with Gasteiger partial charge in [-0.2, -0.15) is 0 Å². The molecule has 28 heavy (non-hydrogen) atoms. The van der Waals surface area contributed by atoms with Crippen LogP contribution < -0.4 is 9.62 Å². The van der Waals surface area contributed by atoms with Crippen LogP contribution in [0.3, 0.4) is 0 Å². The highest BCUT2D eigenvalue weighted by atomic mass is 35.5. The van der Waals surface area contributed by atoms with E-state index in [-0.39, 0.29) is 18.5 Å². The smallest absolute Gasteiger partial charge is 0.251 e. The van der Waals surface area contributed by atoms with Crippen LogP contribution in [0.25, 0.3) is 0 Å². The fourth-order valence-electron chi connectivity index (χ4n) is 2.60. The summed E-state index contributed by atoms with van der Waals surface area (Å²) in [6, 6.07) is 11.1. The molecule has 0 heterocycles. The fourth-order valence-corrected chi connectivity index (χ4v) is 3.99. The molecule has 2 aromatic rings. The van der Waals surface area contributed by atoms with E-state index in [1.54, 1.807) is 49.6 Å². The molecular weight excluding hydrogens is 423 g/mol. The van der Waals surface area contributed by atoms with Crippen molar-refractivity contribution in [2.45, 2.75) is 19.5 Å². The predicted octanol–water partition coefficient (Wildman–Crippen LogP) is 3.72. The Hall–Kier alpha value is -1.80. The topological polar surface area (TPSA) is 75.7 Å². The summed E-state index contributed by atoms with van der Waals surface area (Å²) in [6.07, 6.45) is 1.10. The molecule has 0 aliphatic heterocycles. The summed E-state index contributed by atoms with van der Waals surface area (Å²) in [6.45, 7) is 2.20. The Kier molecular flexibility index (Phi) is 7.71. The Morgan fingerprint density at radius 1 is 1.14 bits per heavy atom. The molecule has 0 unspecified atom stereocenters. The molecule has 6 nitrogen and oxygen atoms in total. The van der Waals surface area contributed by atoms with Gasteiger partial charge in [0.2, 0.25) is 10.0 Å². The predicted molar refractivity (Wildman–Crippen MR) is 113 cm³/mol. The van der Waals surface area contributed by atoms with Crippen molar-refractivity contribution in [2.24, 2.45) is 0 Å². The van der Waals surface area contributed by atoms with Gasteiger partial charge in [-0.1, -0.05) is 29.3 Å². The highest BCUT2D eigenvalue weighted by Gasteiger charge is 2.21. The van der Waals surface area contributed by atoms with Crippen molar-refractivity contribution in [3.05, 3.63) is 63.6 Å². The number of halogens is 2. The van der Waals surface area contributed by atoms with Crippen LogP contribution in [0.5, 0.6) is 0 Å². The third-order valence-electron chi connectivity index (χ3n) is 3.98. The number of methoxy groups -OCH3 is 1. The average molecular weight is 445 g/mol. The molecule has 152 valence electrons. The largest absolute Gasteiger partial charge is 0.383 e. The van der Waals surface area contributed by atoms with Crippen LogP contribution in [-0.2, 0) is 21.3 Å². The fraction of sp³-hybridized carbons (Fsp3) is 0.316. The Labute approximate surface area is 175 Å². The van der Waals surface area contributed by atoms with Crippen LogP contribution in [0.1, 0.15) is 22.8 Å². The van der Waals surface area contributed by atoms with E-state index in [1.165, 1.54) is 4.31 Å². The molecule has 1 amide bonds. The first kappa shape index (κ1) is 22.5. The summed E-state index contributed by atoms with van der Waals surface area (Å²) in [5.74, 6) is -0.267. The van der Waals surface area contributed by atoms with Crippen molar-refractivity contribution in [3.8, 4) is 0 Å². The van der Waals surface area contributed by atoms with Crippen LogP contribution in [-0.4, -0.2) is 40.3 Å². The second kappa shape index (κ2) is 9.60. The molecule has 0 aliphatic carbocycles. The lowest BCUT2D eigenvalue weighted by Gasteiger charge is -2.24. The van der Waals surface area contributed by atoms with E-state index in [0.717, 1.165) is 6.26 Å². The Morgan fingerprint density at radius 3 is 2.21 bits per heavy atom. The molecule has 0 saturated carbocycles. The van der Waals surface area contributed by atoms with E-state index >= 15 is 0 Å². The number of benzene rings is 2. The van der Waals surface area contributed by atoms with Crippen molar-refractivity contribution in [2.75, 3.05) is 24.3 Å². The summed E-state index contributed by atoms with van der Waals surface area (Å²) in [7, 11) is -2.05. The first-order valence-electron chi connectivity index (χ1n) is 8.44. The van der Waals surface area contributed by atoms with Crippen molar-refractivity contribution in [3.63, 3.8) is 0 Å². The van der Waals surface area contributed by atoms with Gasteiger partial charge in [0.25, 0.3) is 5.91 Å². The third kappa shape index (κ3) is 5.85. The number of ether oxygens (including phenoxy) is 1. The van der Waals surface area contributed by atoms with Crippen molar-refractivity contribution < 1.29 is 17.9 Å². The van der Waals surface area contributed by atoms with E-state index < -0.39 is 10.0 Å². The molecule has 0 radical (unpaired) electrons. The van der Waals surface area contributed by atoms with Gasteiger partial charge in [-0.25, -0.2) is 8.42 Å². The number of hydrogen-bond acceptors (Lipinski definition) is 4. The number of rotatable bonds is 8. The van der Waals surface area contributed by atoms with Crippen LogP contribution >= 0.6 is 23.2 Å². The Balaban J connectivity index is 2.27. The van der Waals surface area contributed by atoms with Gasteiger partial charge >= 0.3 is 0 Å². The quantitative estimate of drug-likeness (QED) is 0.672. The standard InChI is InChI=1S/C19H22Cl2N2O4S/c1-13(12-27-2)22-19(24)14-7-9-15(10-8-14)23(28(3,25)26)11-16-17(20)5-4-6-18(16)21/h4-10,13H,11-12H2,1-3H3,(H,22,24)/t13-/m0/s1. The van der Waals surface area contributed by atoms with E-state index in [9.17, 15) is 13.2 Å². The number of anilines is 1. The summed E-state index contributed by atoms with van der Waals surface area (Å²) in [5, 5.41) is 3.56. The molecule has 0 spiro atoms. The molecule has 0 aliphatic rings. The lowest BCUT2D eigenvalue weighted by molar-refractivity contribution is 0.0905. The maximum Gasteiger partial charge on any atom is 0.251 e. The van der Waals surface area contributed by atoms with Crippen molar-refractivity contribution >= 4 is 44.8 Å². The molecular formula is C19H22Cl2N2O4S. The zero-order valence-electron chi connectivity index (χ0n) is 15.8. The maximum absolute atomic E-state index is 12.3. The van der Waals surface area contributed by atoms with Gasteiger partial charge in [-0.15, -0.1) is 0 Å². The van der Waals surface area contributed by atoms with Crippen molar-refractivity contribution in [1.82, 2.24) is 5.32 Å². The van der Waals surface area contributed by atoms with Gasteiger partial charge in [0.05, 0.1) is 25.1 Å². The summed E-state index contributed by atoms with van der Waals surface area (Å²) >= 11 is 12.4. The minimum Gasteiger partial charge on any atom is -0.383 e. The number of sulfonamides is 1. The lowest BCUT2D eigenvalue weighted by atomic mass is 10.1.